The second-order valence-electron chi connectivity index (χ2n) is 3.85. The highest BCUT2D eigenvalue weighted by atomic mass is 16.1. The minimum Gasteiger partial charge on any atom is -0.352 e. The Morgan fingerprint density at radius 1 is 1.38 bits per heavy atom. The molecule has 0 atom stereocenters. The van der Waals surface area contributed by atoms with Crippen LogP contribution in [0.5, 0.6) is 0 Å². The summed E-state index contributed by atoms with van der Waals surface area (Å²) in [6.45, 7) is 12.3. The molecule has 0 saturated heterocycles. The summed E-state index contributed by atoms with van der Waals surface area (Å²) in [6.07, 6.45) is 0. The Kier molecular flexibility index (Phi) is 5.17. The summed E-state index contributed by atoms with van der Waals surface area (Å²) in [5, 5.41) is 2.84. The molecule has 74 valence electrons. The summed E-state index contributed by atoms with van der Waals surface area (Å²) in [5.41, 5.74) is 3.32. The summed E-state index contributed by atoms with van der Waals surface area (Å²) in [6, 6.07) is 0. The maximum absolute atomic E-state index is 11.5. The van der Waals surface area contributed by atoms with Crippen molar-refractivity contribution in [2.24, 2.45) is 11.8 Å². The molecule has 0 heterocycles. The van der Waals surface area contributed by atoms with Crippen LogP contribution in [0.4, 0.5) is 0 Å². The van der Waals surface area contributed by atoms with Gasteiger partial charge in [-0.05, 0) is 11.8 Å². The highest BCUT2D eigenvalue weighted by molar-refractivity contribution is 5.93. The molecule has 1 amide bonds. The van der Waals surface area contributed by atoms with Gasteiger partial charge in [0.25, 0.3) is 5.91 Å². The predicted molar refractivity (Wildman–Crippen MR) is 55.3 cm³/mol. The fourth-order valence-corrected chi connectivity index (χ4v) is 0.939. The summed E-state index contributed by atoms with van der Waals surface area (Å²) in [7, 11) is 0. The molecule has 13 heavy (non-hydrogen) atoms. The van der Waals surface area contributed by atoms with Gasteiger partial charge in [-0.3, -0.25) is 4.79 Å². The summed E-state index contributed by atoms with van der Waals surface area (Å²) < 4.78 is 0. The first-order chi connectivity index (χ1) is 5.99. The number of carbonyl (C=O) groups is 1. The van der Waals surface area contributed by atoms with Gasteiger partial charge in [0, 0.05) is 6.54 Å². The molecule has 0 rings (SSSR count). The van der Waals surface area contributed by atoms with Crippen LogP contribution in [0.15, 0.2) is 17.9 Å². The van der Waals surface area contributed by atoms with Crippen LogP contribution in [0.1, 0.15) is 27.7 Å². The number of hydrogen-bond acceptors (Lipinski definition) is 1. The van der Waals surface area contributed by atoms with E-state index < -0.39 is 0 Å². The van der Waals surface area contributed by atoms with Crippen molar-refractivity contribution in [2.45, 2.75) is 27.7 Å². The molecule has 0 aliphatic heterocycles. The van der Waals surface area contributed by atoms with Gasteiger partial charge in [0.05, 0.1) is 5.57 Å². The Bertz CT molecular complexity index is 222. The lowest BCUT2D eigenvalue weighted by atomic mass is 10.0. The van der Waals surface area contributed by atoms with E-state index in [-0.39, 0.29) is 11.8 Å². The zero-order valence-corrected chi connectivity index (χ0v) is 8.98. The molecule has 0 bridgehead atoms. The van der Waals surface area contributed by atoms with E-state index in [9.17, 15) is 4.79 Å². The van der Waals surface area contributed by atoms with Crippen molar-refractivity contribution in [3.8, 4) is 0 Å². The van der Waals surface area contributed by atoms with Gasteiger partial charge in [0.2, 0.25) is 0 Å². The topological polar surface area (TPSA) is 29.1 Å². The molecular weight excluding hydrogens is 162 g/mol. The minimum atomic E-state index is -0.0429. The Hall–Kier alpha value is -1.01. The quantitative estimate of drug-likeness (QED) is 0.522. The first-order valence-corrected chi connectivity index (χ1v) is 4.67. The van der Waals surface area contributed by atoms with Crippen LogP contribution in [0.25, 0.3) is 0 Å². The van der Waals surface area contributed by atoms with Crippen molar-refractivity contribution in [1.82, 2.24) is 5.32 Å². The fraction of sp³-hybridized carbons (Fsp3) is 0.636. The highest BCUT2D eigenvalue weighted by Crippen LogP contribution is 2.07. The molecule has 0 aromatic carbocycles. The third-order valence-corrected chi connectivity index (χ3v) is 1.68. The molecule has 0 aromatic heterocycles. The SMILES string of the molecule is C=C=C(C(=O)NCC(C)C)C(C)C. The molecule has 1 N–H and O–H groups in total. The fourth-order valence-electron chi connectivity index (χ4n) is 0.939. The molecule has 0 aromatic rings. The van der Waals surface area contributed by atoms with Crippen molar-refractivity contribution in [3.05, 3.63) is 17.9 Å². The zero-order chi connectivity index (χ0) is 10.4. The van der Waals surface area contributed by atoms with Gasteiger partial charge in [0.15, 0.2) is 0 Å². The molecule has 0 spiro atoms. The van der Waals surface area contributed by atoms with E-state index in [4.69, 9.17) is 0 Å². The molecule has 0 radical (unpaired) electrons. The standard InChI is InChI=1S/C11H19NO/c1-6-10(9(4)5)11(13)12-7-8(2)3/h8-9H,1,7H2,2-5H3,(H,12,13). The Labute approximate surface area is 80.7 Å². The van der Waals surface area contributed by atoms with E-state index in [1.165, 1.54) is 0 Å². The van der Waals surface area contributed by atoms with Crippen molar-refractivity contribution >= 4 is 5.91 Å². The molecular formula is C11H19NO. The lowest BCUT2D eigenvalue weighted by Crippen LogP contribution is -2.29. The van der Waals surface area contributed by atoms with E-state index in [2.05, 4.69) is 31.5 Å². The van der Waals surface area contributed by atoms with Crippen LogP contribution in [0.2, 0.25) is 0 Å². The zero-order valence-electron chi connectivity index (χ0n) is 8.98. The van der Waals surface area contributed by atoms with E-state index in [1.54, 1.807) is 0 Å². The first-order valence-electron chi connectivity index (χ1n) is 4.67. The second-order valence-corrected chi connectivity index (χ2v) is 3.85. The largest absolute Gasteiger partial charge is 0.352 e. The molecule has 0 unspecified atom stereocenters. The lowest BCUT2D eigenvalue weighted by Gasteiger charge is -2.10. The van der Waals surface area contributed by atoms with E-state index >= 15 is 0 Å². The third-order valence-electron chi connectivity index (χ3n) is 1.68. The van der Waals surface area contributed by atoms with Crippen LogP contribution in [0, 0.1) is 11.8 Å². The van der Waals surface area contributed by atoms with Crippen LogP contribution in [-0.4, -0.2) is 12.5 Å². The van der Waals surface area contributed by atoms with Crippen molar-refractivity contribution in [1.29, 1.82) is 0 Å². The van der Waals surface area contributed by atoms with Crippen LogP contribution in [-0.2, 0) is 4.79 Å². The first kappa shape index (κ1) is 12.0. The third kappa shape index (κ3) is 4.54. The van der Waals surface area contributed by atoms with Gasteiger partial charge in [0.1, 0.15) is 0 Å². The van der Waals surface area contributed by atoms with Gasteiger partial charge >= 0.3 is 0 Å². The summed E-state index contributed by atoms with van der Waals surface area (Å²) in [5.74, 6) is 0.616. The number of amides is 1. The van der Waals surface area contributed by atoms with Gasteiger partial charge in [-0.2, -0.15) is 0 Å². The Morgan fingerprint density at radius 2 is 1.92 bits per heavy atom. The maximum Gasteiger partial charge on any atom is 0.255 e. The van der Waals surface area contributed by atoms with Gasteiger partial charge in [-0.15, -0.1) is 5.73 Å². The molecule has 2 heteroatoms. The van der Waals surface area contributed by atoms with Crippen molar-refractivity contribution in [3.63, 3.8) is 0 Å². The average molecular weight is 181 g/mol. The number of rotatable bonds is 4. The maximum atomic E-state index is 11.5. The number of carbonyl (C=O) groups excluding carboxylic acids is 1. The van der Waals surface area contributed by atoms with E-state index in [1.807, 2.05) is 13.8 Å². The summed E-state index contributed by atoms with van der Waals surface area (Å²) in [4.78, 5) is 11.5. The lowest BCUT2D eigenvalue weighted by molar-refractivity contribution is -0.118. The molecule has 0 aliphatic rings. The Balaban J connectivity index is 4.18. The molecule has 0 aliphatic carbocycles. The van der Waals surface area contributed by atoms with Crippen molar-refractivity contribution in [2.75, 3.05) is 6.54 Å². The number of nitrogens with one attached hydrogen (secondary N) is 1. The predicted octanol–water partition coefficient (Wildman–Crippen LogP) is 2.13. The molecule has 0 fully saturated rings. The van der Waals surface area contributed by atoms with Gasteiger partial charge in [-0.25, -0.2) is 0 Å². The number of hydrogen-bond donors (Lipinski definition) is 1. The van der Waals surface area contributed by atoms with Gasteiger partial charge < -0.3 is 5.32 Å². The molecule has 0 saturated carbocycles. The average Bonchev–Trinajstić information content (AvgIpc) is 2.01. The van der Waals surface area contributed by atoms with E-state index in [0.29, 0.717) is 18.0 Å². The second kappa shape index (κ2) is 5.60. The minimum absolute atomic E-state index is 0.0429. The van der Waals surface area contributed by atoms with E-state index in [0.717, 1.165) is 0 Å². The smallest absolute Gasteiger partial charge is 0.255 e. The van der Waals surface area contributed by atoms with Crippen molar-refractivity contribution < 1.29 is 4.79 Å². The van der Waals surface area contributed by atoms with Crippen LogP contribution < -0.4 is 5.32 Å². The van der Waals surface area contributed by atoms with Gasteiger partial charge in [-0.1, -0.05) is 34.3 Å². The highest BCUT2D eigenvalue weighted by Gasteiger charge is 2.11. The monoisotopic (exact) mass is 181 g/mol. The normalized spacial score (nSPS) is 10.0. The summed E-state index contributed by atoms with van der Waals surface area (Å²) >= 11 is 0. The molecule has 2 nitrogen and oxygen atoms in total. The van der Waals surface area contributed by atoms with Crippen LogP contribution >= 0.6 is 0 Å². The Morgan fingerprint density at radius 3 is 2.23 bits per heavy atom. The van der Waals surface area contributed by atoms with Crippen LogP contribution in [0.3, 0.4) is 0 Å².